The van der Waals surface area contributed by atoms with E-state index < -0.39 is 0 Å². The van der Waals surface area contributed by atoms with Gasteiger partial charge in [0.25, 0.3) is 0 Å². The highest BCUT2D eigenvalue weighted by Gasteiger charge is 2.29. The zero-order chi connectivity index (χ0) is 12.8. The minimum Gasteiger partial charge on any atom is -0.466 e. The molecule has 0 bridgehead atoms. The number of likely N-dealkylation sites (tertiary alicyclic amines) is 1. The number of rotatable bonds is 4. The standard InChI is InChI=1S/C15H25NO2/c1-2-18-15(17)14-8-10-16(11-9-14)12-13-6-4-3-5-7-13/h3-4,13-14H,2,5-12H2,1H3/p+1/t13-/m1/s1. The lowest BCUT2D eigenvalue weighted by molar-refractivity contribution is -0.909. The number of hydrogen-bond acceptors (Lipinski definition) is 2. The summed E-state index contributed by atoms with van der Waals surface area (Å²) in [6.45, 7) is 5.97. The van der Waals surface area contributed by atoms with Crippen LogP contribution in [0.2, 0.25) is 0 Å². The van der Waals surface area contributed by atoms with Crippen LogP contribution in [0.4, 0.5) is 0 Å². The molecule has 0 radical (unpaired) electrons. The quantitative estimate of drug-likeness (QED) is 0.602. The van der Waals surface area contributed by atoms with Crippen molar-refractivity contribution in [3.8, 4) is 0 Å². The summed E-state index contributed by atoms with van der Waals surface area (Å²) in [4.78, 5) is 13.3. The number of nitrogens with one attached hydrogen (secondary N) is 1. The largest absolute Gasteiger partial charge is 0.466 e. The van der Waals surface area contributed by atoms with Crippen LogP contribution in [0, 0.1) is 11.8 Å². The third-order valence-electron chi connectivity index (χ3n) is 4.27. The predicted octanol–water partition coefficient (Wildman–Crippen LogP) is 1.20. The molecule has 0 saturated carbocycles. The number of carbonyl (C=O) groups excluding carboxylic acids is 1. The van der Waals surface area contributed by atoms with Crippen molar-refractivity contribution in [2.75, 3.05) is 26.2 Å². The molecule has 3 heteroatoms. The Hall–Kier alpha value is -0.830. The molecular weight excluding hydrogens is 226 g/mol. The smallest absolute Gasteiger partial charge is 0.309 e. The van der Waals surface area contributed by atoms with Gasteiger partial charge in [0.05, 0.1) is 32.2 Å². The van der Waals surface area contributed by atoms with E-state index in [4.69, 9.17) is 4.74 Å². The molecule has 3 nitrogen and oxygen atoms in total. The SMILES string of the molecule is CCOC(=O)C1CC[NH+](C[C@@H]2CC=CCC2)CC1. The van der Waals surface area contributed by atoms with E-state index >= 15 is 0 Å². The first-order valence-electron chi connectivity index (χ1n) is 7.44. The van der Waals surface area contributed by atoms with E-state index in [2.05, 4.69) is 12.2 Å². The Morgan fingerprint density at radius 3 is 2.67 bits per heavy atom. The van der Waals surface area contributed by atoms with Crippen molar-refractivity contribution in [2.24, 2.45) is 11.8 Å². The van der Waals surface area contributed by atoms with Gasteiger partial charge in [-0.25, -0.2) is 0 Å². The number of quaternary nitrogens is 1. The van der Waals surface area contributed by atoms with Crippen molar-refractivity contribution in [2.45, 2.75) is 39.0 Å². The van der Waals surface area contributed by atoms with E-state index in [9.17, 15) is 4.79 Å². The summed E-state index contributed by atoms with van der Waals surface area (Å²) < 4.78 is 5.11. The van der Waals surface area contributed by atoms with Crippen molar-refractivity contribution < 1.29 is 14.4 Å². The summed E-state index contributed by atoms with van der Waals surface area (Å²) >= 11 is 0. The predicted molar refractivity (Wildman–Crippen MR) is 71.4 cm³/mol. The Morgan fingerprint density at radius 1 is 1.28 bits per heavy atom. The number of piperidine rings is 1. The maximum Gasteiger partial charge on any atom is 0.309 e. The third kappa shape index (κ3) is 3.84. The van der Waals surface area contributed by atoms with E-state index in [1.807, 2.05) is 6.92 Å². The van der Waals surface area contributed by atoms with Crippen LogP contribution in [0.5, 0.6) is 0 Å². The molecule has 1 heterocycles. The number of esters is 1. The van der Waals surface area contributed by atoms with Crippen LogP contribution in [0.1, 0.15) is 39.0 Å². The number of hydrogen-bond donors (Lipinski definition) is 1. The molecular formula is C15H26NO2+. The van der Waals surface area contributed by atoms with E-state index in [1.165, 1.54) is 25.8 Å². The van der Waals surface area contributed by atoms with Crippen LogP contribution in [0.25, 0.3) is 0 Å². The topological polar surface area (TPSA) is 30.7 Å². The van der Waals surface area contributed by atoms with Crippen LogP contribution >= 0.6 is 0 Å². The lowest BCUT2D eigenvalue weighted by Gasteiger charge is -2.31. The van der Waals surface area contributed by atoms with Gasteiger partial charge in [-0.1, -0.05) is 12.2 Å². The molecule has 0 aromatic carbocycles. The Balaban J connectivity index is 1.69. The fourth-order valence-corrected chi connectivity index (χ4v) is 3.18. The maximum absolute atomic E-state index is 11.7. The van der Waals surface area contributed by atoms with Gasteiger partial charge in [0.2, 0.25) is 0 Å². The summed E-state index contributed by atoms with van der Waals surface area (Å²) in [5.74, 6) is 1.06. The Kier molecular flexibility index (Phi) is 5.24. The summed E-state index contributed by atoms with van der Waals surface area (Å²) in [5, 5.41) is 0. The molecule has 2 rings (SSSR count). The summed E-state index contributed by atoms with van der Waals surface area (Å²) in [6, 6.07) is 0. The molecule has 2 aliphatic rings. The van der Waals surface area contributed by atoms with E-state index in [1.54, 1.807) is 4.90 Å². The zero-order valence-corrected chi connectivity index (χ0v) is 11.5. The summed E-state index contributed by atoms with van der Waals surface area (Å²) in [7, 11) is 0. The lowest BCUT2D eigenvalue weighted by atomic mass is 9.91. The molecule has 1 saturated heterocycles. The van der Waals surface area contributed by atoms with Crippen molar-refractivity contribution >= 4 is 5.97 Å². The second-order valence-electron chi connectivity index (χ2n) is 5.63. The maximum atomic E-state index is 11.7. The van der Waals surface area contributed by atoms with Gasteiger partial charge in [-0.2, -0.15) is 0 Å². The molecule has 1 aliphatic carbocycles. The minimum atomic E-state index is 0.0251. The first-order chi connectivity index (χ1) is 8.79. The van der Waals surface area contributed by atoms with E-state index in [0.717, 1.165) is 31.8 Å². The van der Waals surface area contributed by atoms with Crippen LogP contribution in [-0.4, -0.2) is 32.2 Å². The Bertz CT molecular complexity index is 293. The average molecular weight is 252 g/mol. The highest BCUT2D eigenvalue weighted by atomic mass is 16.5. The van der Waals surface area contributed by atoms with Gasteiger partial charge in [-0.05, 0) is 26.2 Å². The van der Waals surface area contributed by atoms with Crippen molar-refractivity contribution in [1.82, 2.24) is 0 Å². The second kappa shape index (κ2) is 6.93. The fourth-order valence-electron chi connectivity index (χ4n) is 3.18. The number of ether oxygens (including phenoxy) is 1. The van der Waals surface area contributed by atoms with Gasteiger partial charge in [-0.3, -0.25) is 4.79 Å². The highest BCUT2D eigenvalue weighted by Crippen LogP contribution is 2.17. The Labute approximate surface area is 110 Å². The molecule has 0 spiro atoms. The van der Waals surface area contributed by atoms with Crippen molar-refractivity contribution in [3.05, 3.63) is 12.2 Å². The molecule has 1 atom stereocenters. The fraction of sp³-hybridized carbons (Fsp3) is 0.800. The van der Waals surface area contributed by atoms with E-state index in [0.29, 0.717) is 6.61 Å². The zero-order valence-electron chi connectivity index (χ0n) is 11.5. The molecule has 0 unspecified atom stereocenters. The monoisotopic (exact) mass is 252 g/mol. The van der Waals surface area contributed by atoms with Gasteiger partial charge < -0.3 is 9.64 Å². The molecule has 0 aromatic heterocycles. The molecule has 0 aromatic rings. The van der Waals surface area contributed by atoms with Crippen LogP contribution in [-0.2, 0) is 9.53 Å². The lowest BCUT2D eigenvalue weighted by Crippen LogP contribution is -3.13. The molecule has 0 amide bonds. The van der Waals surface area contributed by atoms with Gasteiger partial charge in [0.15, 0.2) is 0 Å². The Morgan fingerprint density at radius 2 is 2.06 bits per heavy atom. The highest BCUT2D eigenvalue weighted by molar-refractivity contribution is 5.72. The number of carbonyl (C=O) groups is 1. The van der Waals surface area contributed by atoms with Crippen LogP contribution < -0.4 is 4.90 Å². The van der Waals surface area contributed by atoms with Crippen molar-refractivity contribution in [1.29, 1.82) is 0 Å². The van der Waals surface area contributed by atoms with Gasteiger partial charge >= 0.3 is 5.97 Å². The molecule has 18 heavy (non-hydrogen) atoms. The third-order valence-corrected chi connectivity index (χ3v) is 4.27. The van der Waals surface area contributed by atoms with E-state index in [-0.39, 0.29) is 11.9 Å². The van der Waals surface area contributed by atoms with Crippen LogP contribution in [0.3, 0.4) is 0 Å². The molecule has 1 N–H and O–H groups in total. The van der Waals surface area contributed by atoms with Gasteiger partial charge in [0, 0.05) is 18.8 Å². The summed E-state index contributed by atoms with van der Waals surface area (Å²) in [6.07, 6.45) is 10.5. The molecule has 1 fully saturated rings. The van der Waals surface area contributed by atoms with Gasteiger partial charge in [0.1, 0.15) is 0 Å². The number of allylic oxidation sites excluding steroid dienone is 2. The molecule has 102 valence electrons. The molecule has 1 aliphatic heterocycles. The van der Waals surface area contributed by atoms with Crippen LogP contribution in [0.15, 0.2) is 12.2 Å². The summed E-state index contributed by atoms with van der Waals surface area (Å²) in [5.41, 5.74) is 0. The second-order valence-corrected chi connectivity index (χ2v) is 5.63. The minimum absolute atomic E-state index is 0.0251. The van der Waals surface area contributed by atoms with Crippen molar-refractivity contribution in [3.63, 3.8) is 0 Å². The first kappa shape index (κ1) is 13.6. The average Bonchev–Trinajstić information content (AvgIpc) is 2.41. The van der Waals surface area contributed by atoms with Gasteiger partial charge in [-0.15, -0.1) is 0 Å². The first-order valence-corrected chi connectivity index (χ1v) is 7.44. The normalized spacial score (nSPS) is 32.2.